The fraction of sp³-hybridized carbons (Fsp3) is 0.529. The molecule has 18 heavy (non-hydrogen) atoms. The van der Waals surface area contributed by atoms with Crippen molar-refractivity contribution < 1.29 is 4.74 Å². The van der Waals surface area contributed by atoms with Gasteiger partial charge in [-0.2, -0.15) is 0 Å². The van der Waals surface area contributed by atoms with Crippen LogP contribution in [0.5, 0.6) is 0 Å². The molecule has 1 aliphatic rings. The second-order valence-electron chi connectivity index (χ2n) is 4.41. The van der Waals surface area contributed by atoms with Crippen molar-refractivity contribution in [1.82, 2.24) is 0 Å². The van der Waals surface area contributed by atoms with Crippen molar-refractivity contribution in [3.05, 3.63) is 24.8 Å². The van der Waals surface area contributed by atoms with Gasteiger partial charge in [0.15, 0.2) is 0 Å². The molecule has 96 valence electrons. The van der Waals surface area contributed by atoms with Crippen LogP contribution in [0.1, 0.15) is 45.4 Å². The largest absolute Gasteiger partial charge is 0.369 e. The van der Waals surface area contributed by atoms with Gasteiger partial charge >= 0.3 is 0 Å². The van der Waals surface area contributed by atoms with Crippen LogP contribution in [-0.4, -0.2) is 12.2 Å². The highest BCUT2D eigenvalue weighted by Crippen LogP contribution is 2.29. The van der Waals surface area contributed by atoms with Gasteiger partial charge in [-0.1, -0.05) is 36.8 Å². The molecule has 0 bridgehead atoms. The number of epoxide rings is 1. The van der Waals surface area contributed by atoms with E-state index >= 15 is 0 Å². The average Bonchev–Trinajstić information content (AvgIpc) is 3.12. The first-order valence-corrected chi connectivity index (χ1v) is 6.74. The molecule has 0 aliphatic carbocycles. The van der Waals surface area contributed by atoms with Gasteiger partial charge in [0.25, 0.3) is 0 Å². The van der Waals surface area contributed by atoms with Gasteiger partial charge in [-0.3, -0.25) is 0 Å². The van der Waals surface area contributed by atoms with Gasteiger partial charge in [-0.25, -0.2) is 0 Å². The summed E-state index contributed by atoms with van der Waals surface area (Å²) in [7, 11) is 0. The highest BCUT2D eigenvalue weighted by molar-refractivity contribution is 5.30. The molecule has 0 aromatic heterocycles. The van der Waals surface area contributed by atoms with E-state index in [1.165, 1.54) is 25.7 Å². The molecule has 1 nitrogen and oxygen atoms in total. The molecule has 1 heteroatoms. The molecule has 1 aliphatic heterocycles. The highest BCUT2D eigenvalue weighted by Gasteiger charge is 2.36. The number of hydrogen-bond donors (Lipinski definition) is 0. The second-order valence-corrected chi connectivity index (χ2v) is 4.41. The lowest BCUT2D eigenvalue weighted by molar-refractivity contribution is 0.360. The zero-order valence-corrected chi connectivity index (χ0v) is 11.2. The Morgan fingerprint density at radius 3 is 2.83 bits per heavy atom. The van der Waals surface area contributed by atoms with E-state index in [1.54, 1.807) is 6.08 Å². The van der Waals surface area contributed by atoms with Gasteiger partial charge in [-0.05, 0) is 44.1 Å². The lowest BCUT2D eigenvalue weighted by Gasteiger charge is -1.95. The maximum atomic E-state index is 5.57. The molecule has 0 aromatic rings. The third-order valence-corrected chi connectivity index (χ3v) is 2.86. The van der Waals surface area contributed by atoms with Gasteiger partial charge in [-0.15, -0.1) is 6.58 Å². The summed E-state index contributed by atoms with van der Waals surface area (Å²) in [5.74, 6) is 11.5. The molecule has 0 radical (unpaired) electrons. The lowest BCUT2D eigenvalue weighted by Crippen LogP contribution is -1.92. The number of ether oxygens (including phenoxy) is 1. The summed E-state index contributed by atoms with van der Waals surface area (Å²) in [6, 6.07) is 0. The molecular formula is C17H22O. The molecule has 0 amide bonds. The zero-order valence-electron chi connectivity index (χ0n) is 11.2. The zero-order chi connectivity index (χ0) is 13.1. The van der Waals surface area contributed by atoms with E-state index in [2.05, 4.69) is 30.3 Å². The normalized spacial score (nSPS) is 20.7. The van der Waals surface area contributed by atoms with Gasteiger partial charge in [0.05, 0.1) is 12.2 Å². The van der Waals surface area contributed by atoms with Crippen LogP contribution in [0.3, 0.4) is 0 Å². The average molecular weight is 242 g/mol. The summed E-state index contributed by atoms with van der Waals surface area (Å²) >= 11 is 0. The fourth-order valence-corrected chi connectivity index (χ4v) is 1.78. The Morgan fingerprint density at radius 2 is 2.06 bits per heavy atom. The Bertz CT molecular complexity index is 383. The number of unbranched alkanes of at least 4 members (excludes halogenated alkanes) is 3. The summed E-state index contributed by atoms with van der Waals surface area (Å²) in [5.41, 5.74) is 0. The summed E-state index contributed by atoms with van der Waals surface area (Å²) in [5, 5.41) is 0. The van der Waals surface area contributed by atoms with Crippen LogP contribution in [0.4, 0.5) is 0 Å². The van der Waals surface area contributed by atoms with Crippen molar-refractivity contribution in [1.29, 1.82) is 0 Å². The lowest BCUT2D eigenvalue weighted by atomic mass is 10.1. The van der Waals surface area contributed by atoms with Crippen LogP contribution in [0.2, 0.25) is 0 Å². The van der Waals surface area contributed by atoms with Crippen molar-refractivity contribution in [2.45, 2.75) is 57.7 Å². The van der Waals surface area contributed by atoms with E-state index in [4.69, 9.17) is 4.74 Å². The molecular weight excluding hydrogens is 220 g/mol. The second kappa shape index (κ2) is 9.58. The molecule has 0 saturated carbocycles. The van der Waals surface area contributed by atoms with E-state index < -0.39 is 0 Å². The Hall–Kier alpha value is -1.44. The summed E-state index contributed by atoms with van der Waals surface area (Å²) < 4.78 is 5.57. The van der Waals surface area contributed by atoms with E-state index in [0.29, 0.717) is 12.2 Å². The van der Waals surface area contributed by atoms with Crippen molar-refractivity contribution in [3.63, 3.8) is 0 Å². The quantitative estimate of drug-likeness (QED) is 0.286. The Morgan fingerprint density at radius 1 is 1.17 bits per heavy atom. The molecule has 0 unspecified atom stereocenters. The van der Waals surface area contributed by atoms with Crippen LogP contribution in [0.15, 0.2) is 24.8 Å². The molecule has 0 aromatic carbocycles. The molecule has 1 saturated heterocycles. The molecule has 2 atom stereocenters. The van der Waals surface area contributed by atoms with E-state index in [0.717, 1.165) is 12.8 Å². The Kier molecular flexibility index (Phi) is 7.78. The van der Waals surface area contributed by atoms with Crippen molar-refractivity contribution in [2.24, 2.45) is 0 Å². The van der Waals surface area contributed by atoms with Crippen LogP contribution in [-0.2, 0) is 4.74 Å². The van der Waals surface area contributed by atoms with Crippen LogP contribution >= 0.6 is 0 Å². The standard InChI is InChI=1S/C17H22O/c1-3-5-7-9-11-13-15-17-16(18-17)14-12-10-8-6-4-2/h3-5,16-17H,2,6,8,10,12,14-15H2,1H3/b5-3+/t16-,17-/m1/s1. The predicted octanol–water partition coefficient (Wildman–Crippen LogP) is 3.86. The Labute approximate surface area is 111 Å². The minimum Gasteiger partial charge on any atom is -0.369 e. The van der Waals surface area contributed by atoms with Gasteiger partial charge in [0.1, 0.15) is 0 Å². The van der Waals surface area contributed by atoms with Crippen LogP contribution in [0, 0.1) is 23.7 Å². The minimum absolute atomic E-state index is 0.362. The molecule has 1 heterocycles. The number of rotatable bonds is 7. The smallest absolute Gasteiger partial charge is 0.0951 e. The molecule has 1 fully saturated rings. The summed E-state index contributed by atoms with van der Waals surface area (Å²) in [6.45, 7) is 5.67. The first-order valence-electron chi connectivity index (χ1n) is 6.74. The SMILES string of the molecule is C=CCCCCC[C@H]1O[C@@H]1CC#CC#C/C=C/C. The van der Waals surface area contributed by atoms with Crippen molar-refractivity contribution in [3.8, 4) is 23.7 Å². The van der Waals surface area contributed by atoms with E-state index in [-0.39, 0.29) is 0 Å². The van der Waals surface area contributed by atoms with Gasteiger partial charge in [0, 0.05) is 6.42 Å². The van der Waals surface area contributed by atoms with Gasteiger partial charge in [0.2, 0.25) is 0 Å². The third kappa shape index (κ3) is 7.00. The van der Waals surface area contributed by atoms with Gasteiger partial charge < -0.3 is 4.74 Å². The first-order chi connectivity index (χ1) is 8.88. The Balaban J connectivity index is 2.00. The van der Waals surface area contributed by atoms with Crippen LogP contribution < -0.4 is 0 Å². The predicted molar refractivity (Wildman–Crippen MR) is 76.9 cm³/mol. The topological polar surface area (TPSA) is 12.5 Å². The fourth-order valence-electron chi connectivity index (χ4n) is 1.78. The summed E-state index contributed by atoms with van der Waals surface area (Å²) in [6.07, 6.45) is 13.4. The first kappa shape index (κ1) is 14.6. The van der Waals surface area contributed by atoms with Crippen molar-refractivity contribution in [2.75, 3.05) is 0 Å². The molecule has 0 spiro atoms. The van der Waals surface area contributed by atoms with Crippen LogP contribution in [0.25, 0.3) is 0 Å². The third-order valence-electron chi connectivity index (χ3n) is 2.86. The summed E-state index contributed by atoms with van der Waals surface area (Å²) in [4.78, 5) is 0. The number of allylic oxidation sites excluding steroid dienone is 3. The monoisotopic (exact) mass is 242 g/mol. The number of hydrogen-bond acceptors (Lipinski definition) is 1. The van der Waals surface area contributed by atoms with E-state index in [9.17, 15) is 0 Å². The maximum Gasteiger partial charge on any atom is 0.0951 e. The molecule has 0 N–H and O–H groups in total. The highest BCUT2D eigenvalue weighted by atomic mass is 16.6. The maximum absolute atomic E-state index is 5.57. The van der Waals surface area contributed by atoms with E-state index in [1.807, 2.05) is 19.1 Å². The molecule has 1 rings (SSSR count). The van der Waals surface area contributed by atoms with Crippen molar-refractivity contribution >= 4 is 0 Å². The minimum atomic E-state index is 0.362.